The van der Waals surface area contributed by atoms with Crippen LogP contribution in [-0.4, -0.2) is 25.5 Å². The Kier molecular flexibility index (Phi) is 6.00. The van der Waals surface area contributed by atoms with Gasteiger partial charge in [0.15, 0.2) is 0 Å². The number of anilines is 2. The van der Waals surface area contributed by atoms with Crippen LogP contribution in [0, 0.1) is 5.92 Å². The van der Waals surface area contributed by atoms with Crippen molar-refractivity contribution in [3.63, 3.8) is 0 Å². The van der Waals surface area contributed by atoms with E-state index in [1.54, 1.807) is 30.4 Å². The van der Waals surface area contributed by atoms with Crippen molar-refractivity contribution in [2.75, 3.05) is 24.3 Å². The molecule has 0 fully saturated rings. The zero-order chi connectivity index (χ0) is 22.0. The first-order valence-corrected chi connectivity index (χ1v) is 10.6. The third-order valence-electron chi connectivity index (χ3n) is 5.65. The summed E-state index contributed by atoms with van der Waals surface area (Å²) in [5.74, 6) is -0.277. The number of para-hydroxylation sites is 1. The van der Waals surface area contributed by atoms with Crippen molar-refractivity contribution < 1.29 is 14.3 Å². The largest absolute Gasteiger partial charge is 0.497 e. The lowest BCUT2D eigenvalue weighted by atomic mass is 9.94. The van der Waals surface area contributed by atoms with Gasteiger partial charge in [-0.25, -0.2) is 0 Å². The first-order chi connectivity index (χ1) is 15.0. The molecule has 0 saturated heterocycles. The van der Waals surface area contributed by atoms with Gasteiger partial charge in [0.05, 0.1) is 23.6 Å². The highest BCUT2D eigenvalue weighted by Crippen LogP contribution is 2.32. The summed E-state index contributed by atoms with van der Waals surface area (Å²) in [4.78, 5) is 28.0. The Balaban J connectivity index is 1.51. The van der Waals surface area contributed by atoms with Gasteiger partial charge in [-0.05, 0) is 48.7 Å². The molecule has 2 amide bonds. The van der Waals surface area contributed by atoms with Gasteiger partial charge in [-0.2, -0.15) is 0 Å². The zero-order valence-electron chi connectivity index (χ0n) is 17.2. The molecule has 160 valence electrons. The lowest BCUT2D eigenvalue weighted by molar-refractivity contribution is -0.121. The van der Waals surface area contributed by atoms with Gasteiger partial charge in [0.1, 0.15) is 5.75 Å². The van der Waals surface area contributed by atoms with Crippen molar-refractivity contribution in [3.8, 4) is 5.75 Å². The molecule has 1 heterocycles. The molecular weight excluding hydrogens is 414 g/mol. The Morgan fingerprint density at radius 1 is 1.23 bits per heavy atom. The summed E-state index contributed by atoms with van der Waals surface area (Å²) in [6.07, 6.45) is 5.68. The number of halogens is 1. The summed E-state index contributed by atoms with van der Waals surface area (Å²) < 4.78 is 5.18. The molecule has 6 nitrogen and oxygen atoms in total. The average molecular weight is 438 g/mol. The first kappa shape index (κ1) is 21.0. The highest BCUT2D eigenvalue weighted by molar-refractivity contribution is 6.32. The van der Waals surface area contributed by atoms with E-state index in [1.165, 1.54) is 12.7 Å². The number of benzene rings is 2. The third kappa shape index (κ3) is 4.30. The third-order valence-corrected chi connectivity index (χ3v) is 6.00. The van der Waals surface area contributed by atoms with Crippen molar-refractivity contribution in [1.29, 1.82) is 0 Å². The van der Waals surface area contributed by atoms with Gasteiger partial charge in [0.2, 0.25) is 5.91 Å². The molecule has 2 aromatic rings. The van der Waals surface area contributed by atoms with Crippen LogP contribution in [0.5, 0.6) is 5.75 Å². The van der Waals surface area contributed by atoms with E-state index in [9.17, 15) is 9.59 Å². The van der Waals surface area contributed by atoms with Crippen LogP contribution in [0.1, 0.15) is 28.8 Å². The second-order valence-corrected chi connectivity index (χ2v) is 8.03. The number of carbonyl (C=O) groups is 2. The van der Waals surface area contributed by atoms with Crippen molar-refractivity contribution in [2.24, 2.45) is 5.92 Å². The van der Waals surface area contributed by atoms with Gasteiger partial charge >= 0.3 is 0 Å². The van der Waals surface area contributed by atoms with Gasteiger partial charge < -0.3 is 20.7 Å². The van der Waals surface area contributed by atoms with Crippen LogP contribution in [-0.2, 0) is 11.2 Å². The molecule has 0 bridgehead atoms. The average Bonchev–Trinajstić information content (AvgIpc) is 2.80. The molecule has 0 saturated carbocycles. The smallest absolute Gasteiger partial charge is 0.257 e. The highest BCUT2D eigenvalue weighted by atomic mass is 35.5. The number of nitrogens with two attached hydrogens (primary N) is 1. The van der Waals surface area contributed by atoms with Gasteiger partial charge in [-0.1, -0.05) is 35.9 Å². The second kappa shape index (κ2) is 8.86. The number of carbonyl (C=O) groups excluding carboxylic acids is 2. The van der Waals surface area contributed by atoms with E-state index in [2.05, 4.69) is 11.4 Å². The molecule has 2 aromatic carbocycles. The number of ether oxygens (including phenoxy) is 1. The highest BCUT2D eigenvalue weighted by Gasteiger charge is 2.30. The van der Waals surface area contributed by atoms with Crippen molar-refractivity contribution in [3.05, 3.63) is 76.5 Å². The van der Waals surface area contributed by atoms with Gasteiger partial charge in [0, 0.05) is 30.0 Å². The van der Waals surface area contributed by atoms with Crippen molar-refractivity contribution in [1.82, 2.24) is 5.32 Å². The number of nitrogen functional groups attached to an aromatic ring is 1. The fourth-order valence-corrected chi connectivity index (χ4v) is 4.19. The van der Waals surface area contributed by atoms with E-state index in [4.69, 9.17) is 22.1 Å². The number of amides is 2. The van der Waals surface area contributed by atoms with Crippen molar-refractivity contribution in [2.45, 2.75) is 19.3 Å². The number of nitrogens with zero attached hydrogens (tertiary/aromatic N) is 1. The van der Waals surface area contributed by atoms with Crippen LogP contribution in [0.2, 0.25) is 0 Å². The van der Waals surface area contributed by atoms with Gasteiger partial charge in [-0.3, -0.25) is 9.59 Å². The van der Waals surface area contributed by atoms with Crippen LogP contribution in [0.4, 0.5) is 11.4 Å². The lowest BCUT2D eigenvalue weighted by Crippen LogP contribution is -2.40. The van der Waals surface area contributed by atoms with Crippen LogP contribution >= 0.6 is 11.6 Å². The molecule has 0 aromatic heterocycles. The van der Waals surface area contributed by atoms with Crippen LogP contribution in [0.3, 0.4) is 0 Å². The van der Waals surface area contributed by atoms with Crippen LogP contribution < -0.4 is 20.7 Å². The molecule has 1 aliphatic heterocycles. The second-order valence-electron chi connectivity index (χ2n) is 7.63. The Labute approximate surface area is 186 Å². The Hall–Kier alpha value is -3.25. The van der Waals surface area contributed by atoms with Crippen molar-refractivity contribution >= 4 is 34.8 Å². The Morgan fingerprint density at radius 2 is 2.03 bits per heavy atom. The standard InChI is InChI=1S/C24H24ClN3O3/c1-31-17-9-11-20(26)18(14-17)23(29)27-21-13-16(8-10-19(21)25)24(30)28-12-4-6-15-5-2-3-7-22(15)28/h2-3,5,7-11,14,16H,4,6,12-13,26H2,1H3,(H,27,29). The van der Waals surface area contributed by atoms with E-state index in [0.29, 0.717) is 40.7 Å². The molecule has 4 rings (SSSR count). The molecule has 1 atom stereocenters. The summed E-state index contributed by atoms with van der Waals surface area (Å²) in [5, 5.41) is 3.24. The monoisotopic (exact) mass is 437 g/mol. The minimum Gasteiger partial charge on any atom is -0.497 e. The van der Waals surface area contributed by atoms with E-state index in [0.717, 1.165) is 18.5 Å². The SMILES string of the molecule is COc1ccc(N)c(C(=O)NC2=C(Cl)C=CC(C(=O)N3CCCc4ccccc43)C2)c1. The number of aryl methyl sites for hydroxylation is 1. The quantitative estimate of drug-likeness (QED) is 0.707. The summed E-state index contributed by atoms with van der Waals surface area (Å²) in [7, 11) is 1.52. The molecule has 3 N–H and O–H groups in total. The molecular formula is C24H24ClN3O3. The number of hydrogen-bond donors (Lipinski definition) is 2. The van der Waals surface area contributed by atoms with E-state index in [-0.39, 0.29) is 5.91 Å². The summed E-state index contributed by atoms with van der Waals surface area (Å²) >= 11 is 6.35. The normalized spacial score (nSPS) is 17.9. The molecule has 0 spiro atoms. The minimum absolute atomic E-state index is 0.000194. The number of fused-ring (bicyclic) bond motifs is 1. The van der Waals surface area contributed by atoms with E-state index in [1.807, 2.05) is 23.1 Å². The maximum atomic E-state index is 13.3. The maximum Gasteiger partial charge on any atom is 0.257 e. The van der Waals surface area contributed by atoms with Crippen LogP contribution in [0.25, 0.3) is 0 Å². The van der Waals surface area contributed by atoms with E-state index >= 15 is 0 Å². The fraction of sp³-hybridized carbons (Fsp3) is 0.250. The number of rotatable bonds is 4. The number of methoxy groups -OCH3 is 1. The van der Waals surface area contributed by atoms with E-state index < -0.39 is 11.8 Å². The molecule has 0 radical (unpaired) electrons. The van der Waals surface area contributed by atoms with Crippen LogP contribution in [0.15, 0.2) is 65.3 Å². The maximum absolute atomic E-state index is 13.3. The predicted molar refractivity (Wildman–Crippen MR) is 122 cm³/mol. The topological polar surface area (TPSA) is 84.7 Å². The number of allylic oxidation sites excluding steroid dienone is 3. The number of hydrogen-bond acceptors (Lipinski definition) is 4. The molecule has 1 aliphatic carbocycles. The summed E-state index contributed by atoms with van der Waals surface area (Å²) in [5.41, 5.74) is 9.22. The molecule has 7 heteroatoms. The zero-order valence-corrected chi connectivity index (χ0v) is 18.0. The molecule has 1 unspecified atom stereocenters. The fourth-order valence-electron chi connectivity index (χ4n) is 3.99. The summed E-state index contributed by atoms with van der Waals surface area (Å²) in [6, 6.07) is 12.9. The summed E-state index contributed by atoms with van der Waals surface area (Å²) in [6.45, 7) is 0.680. The van der Waals surface area contributed by atoms with Gasteiger partial charge in [-0.15, -0.1) is 0 Å². The first-order valence-electron chi connectivity index (χ1n) is 10.2. The van der Waals surface area contributed by atoms with Gasteiger partial charge in [0.25, 0.3) is 5.91 Å². The number of nitrogens with one attached hydrogen (secondary N) is 1. The molecule has 2 aliphatic rings. The lowest BCUT2D eigenvalue weighted by Gasteiger charge is -2.32. The Bertz CT molecular complexity index is 1090. The Morgan fingerprint density at radius 3 is 2.84 bits per heavy atom. The predicted octanol–water partition coefficient (Wildman–Crippen LogP) is 4.01. The minimum atomic E-state index is -0.411. The molecule has 31 heavy (non-hydrogen) atoms.